The number of hydrogen-bond acceptors (Lipinski definition) is 6. The number of nitrogens with zero attached hydrogens (tertiary/aromatic N) is 3. The van der Waals surface area contributed by atoms with E-state index in [1.807, 2.05) is 4.90 Å². The molecule has 0 spiro atoms. The van der Waals surface area contributed by atoms with Gasteiger partial charge in [0.05, 0.1) is 34.3 Å². The van der Waals surface area contributed by atoms with E-state index in [1.54, 1.807) is 6.07 Å². The molecule has 3 aromatic heterocycles. The van der Waals surface area contributed by atoms with E-state index in [-0.39, 0.29) is 39.4 Å². The standard InChI is InChI=1S/C27H23F5N4O3/c1-14-16(27(30,31)32)13-34-26(39-21-5-4-17(28)24(29)15(21)2)22(14)19-12-20(37)23-18(35-19)6-7-33-25(23)36-8-3-10-38-11-9-36/h4-7,12-13H,3,8-11H2,1-2H3,(H,35,37). The van der Waals surface area contributed by atoms with Gasteiger partial charge in [0.25, 0.3) is 0 Å². The first-order valence-corrected chi connectivity index (χ1v) is 12.1. The Morgan fingerprint density at radius 2 is 1.85 bits per heavy atom. The van der Waals surface area contributed by atoms with Crippen LogP contribution in [0.5, 0.6) is 11.6 Å². The number of alkyl halides is 3. The number of ether oxygens (including phenoxy) is 2. The summed E-state index contributed by atoms with van der Waals surface area (Å²) in [5, 5.41) is 0.277. The predicted molar refractivity (Wildman–Crippen MR) is 134 cm³/mol. The predicted octanol–water partition coefficient (Wildman–Crippen LogP) is 5.92. The van der Waals surface area contributed by atoms with Crippen LogP contribution in [0.3, 0.4) is 0 Å². The van der Waals surface area contributed by atoms with Crippen molar-refractivity contribution in [2.75, 3.05) is 31.2 Å². The highest BCUT2D eigenvalue weighted by Crippen LogP contribution is 2.41. The van der Waals surface area contributed by atoms with Gasteiger partial charge in [0.2, 0.25) is 5.88 Å². The largest absolute Gasteiger partial charge is 0.438 e. The third-order valence-electron chi connectivity index (χ3n) is 6.62. The molecule has 0 aliphatic carbocycles. The Hall–Kier alpha value is -4.06. The molecule has 39 heavy (non-hydrogen) atoms. The van der Waals surface area contributed by atoms with Gasteiger partial charge < -0.3 is 19.4 Å². The average molecular weight is 546 g/mol. The van der Waals surface area contributed by atoms with Crippen molar-refractivity contribution in [3.63, 3.8) is 0 Å². The van der Waals surface area contributed by atoms with Crippen LogP contribution < -0.4 is 15.1 Å². The zero-order chi connectivity index (χ0) is 27.9. The summed E-state index contributed by atoms with van der Waals surface area (Å²) in [5.41, 5.74) is -1.75. The van der Waals surface area contributed by atoms with Crippen LogP contribution in [0.4, 0.5) is 27.8 Å². The third-order valence-corrected chi connectivity index (χ3v) is 6.62. The van der Waals surface area contributed by atoms with Crippen LogP contribution in [-0.4, -0.2) is 41.3 Å². The molecule has 1 aliphatic rings. The molecule has 1 aliphatic heterocycles. The summed E-state index contributed by atoms with van der Waals surface area (Å²) in [5.74, 6) is -2.27. The van der Waals surface area contributed by atoms with Gasteiger partial charge in [-0.1, -0.05) is 0 Å². The molecular weight excluding hydrogens is 523 g/mol. The molecule has 1 saturated heterocycles. The molecule has 5 rings (SSSR count). The summed E-state index contributed by atoms with van der Waals surface area (Å²) < 4.78 is 80.5. The van der Waals surface area contributed by atoms with Crippen LogP contribution in [-0.2, 0) is 10.9 Å². The summed E-state index contributed by atoms with van der Waals surface area (Å²) in [6.45, 7) is 4.69. The van der Waals surface area contributed by atoms with Crippen molar-refractivity contribution in [3.05, 3.63) is 75.2 Å². The molecule has 0 radical (unpaired) electrons. The third kappa shape index (κ3) is 5.03. The minimum absolute atomic E-state index is 0.00943. The van der Waals surface area contributed by atoms with E-state index < -0.39 is 28.8 Å². The average Bonchev–Trinajstić information content (AvgIpc) is 3.17. The lowest BCUT2D eigenvalue weighted by atomic mass is 10.0. The number of halogens is 5. The van der Waals surface area contributed by atoms with E-state index in [0.29, 0.717) is 43.8 Å². The fourth-order valence-electron chi connectivity index (χ4n) is 4.62. The molecule has 0 saturated carbocycles. The van der Waals surface area contributed by atoms with Crippen LogP contribution in [0.15, 0.2) is 41.5 Å². The van der Waals surface area contributed by atoms with Crippen molar-refractivity contribution in [2.45, 2.75) is 26.4 Å². The zero-order valence-corrected chi connectivity index (χ0v) is 21.0. The molecule has 0 amide bonds. The van der Waals surface area contributed by atoms with Gasteiger partial charge in [-0.3, -0.25) is 4.79 Å². The van der Waals surface area contributed by atoms with Gasteiger partial charge in [-0.05, 0) is 44.0 Å². The highest BCUT2D eigenvalue weighted by molar-refractivity contribution is 5.91. The van der Waals surface area contributed by atoms with E-state index in [2.05, 4.69) is 15.0 Å². The van der Waals surface area contributed by atoms with Crippen LogP contribution in [0.25, 0.3) is 22.2 Å². The Kier molecular flexibility index (Phi) is 6.98. The number of H-pyrrole nitrogens is 1. The maximum atomic E-state index is 14.2. The molecule has 1 aromatic carbocycles. The van der Waals surface area contributed by atoms with E-state index in [1.165, 1.54) is 20.0 Å². The van der Waals surface area contributed by atoms with Gasteiger partial charge in [-0.15, -0.1) is 0 Å². The van der Waals surface area contributed by atoms with Gasteiger partial charge >= 0.3 is 6.18 Å². The van der Waals surface area contributed by atoms with E-state index in [9.17, 15) is 26.7 Å². The Morgan fingerprint density at radius 1 is 1.05 bits per heavy atom. The van der Waals surface area contributed by atoms with Gasteiger partial charge in [-0.2, -0.15) is 13.2 Å². The lowest BCUT2D eigenvalue weighted by Crippen LogP contribution is -2.28. The molecule has 0 unspecified atom stereocenters. The lowest BCUT2D eigenvalue weighted by Gasteiger charge is -2.22. The van der Waals surface area contributed by atoms with Crippen LogP contribution in [0.2, 0.25) is 0 Å². The number of hydrogen-bond donors (Lipinski definition) is 1. The fraction of sp³-hybridized carbons (Fsp3) is 0.296. The number of aromatic amines is 1. The molecule has 12 heteroatoms. The number of anilines is 1. The van der Waals surface area contributed by atoms with Gasteiger partial charge in [0.1, 0.15) is 11.6 Å². The van der Waals surface area contributed by atoms with Gasteiger partial charge in [-0.25, -0.2) is 18.7 Å². The number of aromatic nitrogens is 3. The first-order valence-electron chi connectivity index (χ1n) is 12.1. The highest BCUT2D eigenvalue weighted by Gasteiger charge is 2.35. The minimum Gasteiger partial charge on any atom is -0.438 e. The number of pyridine rings is 3. The Balaban J connectivity index is 1.69. The Morgan fingerprint density at radius 3 is 2.62 bits per heavy atom. The van der Waals surface area contributed by atoms with Crippen molar-refractivity contribution < 1.29 is 31.4 Å². The summed E-state index contributed by atoms with van der Waals surface area (Å²) in [4.78, 5) is 26.7. The normalized spacial score (nSPS) is 14.5. The SMILES string of the molecule is Cc1c(Oc2ncc(C(F)(F)F)c(C)c2-c2cc(=O)c3c(N4CCCOCC4)nccc3[nH]2)ccc(F)c1F. The maximum absolute atomic E-state index is 14.2. The highest BCUT2D eigenvalue weighted by atomic mass is 19.4. The Bertz CT molecular complexity index is 1610. The second-order valence-electron chi connectivity index (χ2n) is 9.12. The molecule has 204 valence electrons. The first-order chi connectivity index (χ1) is 18.6. The van der Waals surface area contributed by atoms with Crippen molar-refractivity contribution >= 4 is 16.7 Å². The second kappa shape index (κ2) is 10.3. The minimum atomic E-state index is -4.74. The van der Waals surface area contributed by atoms with Gasteiger partial charge in [0, 0.05) is 43.7 Å². The van der Waals surface area contributed by atoms with Crippen molar-refractivity contribution in [1.82, 2.24) is 15.0 Å². The first kappa shape index (κ1) is 26.5. The molecule has 7 nitrogen and oxygen atoms in total. The summed E-state index contributed by atoms with van der Waals surface area (Å²) >= 11 is 0. The lowest BCUT2D eigenvalue weighted by molar-refractivity contribution is -0.138. The van der Waals surface area contributed by atoms with E-state index >= 15 is 0 Å². The fourth-order valence-corrected chi connectivity index (χ4v) is 4.62. The molecule has 1 fully saturated rings. The van der Waals surface area contributed by atoms with Crippen LogP contribution >= 0.6 is 0 Å². The quantitative estimate of drug-likeness (QED) is 0.320. The molecule has 1 N–H and O–H groups in total. The number of fused-ring (bicyclic) bond motifs is 1. The number of benzene rings is 1. The second-order valence-corrected chi connectivity index (χ2v) is 9.12. The smallest absolute Gasteiger partial charge is 0.418 e. The summed E-state index contributed by atoms with van der Waals surface area (Å²) in [6.07, 6.45) is -1.90. The van der Waals surface area contributed by atoms with Crippen LogP contribution in [0.1, 0.15) is 23.1 Å². The van der Waals surface area contributed by atoms with E-state index in [0.717, 1.165) is 24.6 Å². The maximum Gasteiger partial charge on any atom is 0.418 e. The van der Waals surface area contributed by atoms with Gasteiger partial charge in [0.15, 0.2) is 17.1 Å². The topological polar surface area (TPSA) is 80.3 Å². The summed E-state index contributed by atoms with van der Waals surface area (Å²) in [7, 11) is 0. The molecular formula is C27H23F5N4O3. The van der Waals surface area contributed by atoms with E-state index in [4.69, 9.17) is 9.47 Å². The zero-order valence-electron chi connectivity index (χ0n) is 21.0. The van der Waals surface area contributed by atoms with Crippen molar-refractivity contribution in [1.29, 1.82) is 0 Å². The monoisotopic (exact) mass is 546 g/mol. The van der Waals surface area contributed by atoms with Crippen molar-refractivity contribution in [2.24, 2.45) is 0 Å². The number of rotatable bonds is 4. The van der Waals surface area contributed by atoms with Crippen molar-refractivity contribution in [3.8, 4) is 22.9 Å². The molecule has 0 bridgehead atoms. The molecule has 4 aromatic rings. The summed E-state index contributed by atoms with van der Waals surface area (Å²) in [6, 6.07) is 4.71. The molecule has 0 atom stereocenters. The Labute approximate surface area is 219 Å². The van der Waals surface area contributed by atoms with Crippen LogP contribution in [0, 0.1) is 25.5 Å². The number of nitrogens with one attached hydrogen (secondary N) is 1. The molecule has 4 heterocycles.